The van der Waals surface area contributed by atoms with Crippen LogP contribution in [0.5, 0.6) is 0 Å². The van der Waals surface area contributed by atoms with Crippen LogP contribution in [0.15, 0.2) is 29.4 Å². The number of aliphatic carboxylic acids is 1. The van der Waals surface area contributed by atoms with Gasteiger partial charge in [0.25, 0.3) is 5.60 Å². The fraction of sp³-hybridized carbons (Fsp3) is 0.467. The molecular weight excluding hydrogens is 256 g/mol. The Balaban J connectivity index is 2.21. The Morgan fingerprint density at radius 3 is 2.40 bits per heavy atom. The molecule has 1 heterocycles. The second kappa shape index (κ2) is 4.90. The monoisotopic (exact) mass is 276 g/mol. The minimum Gasteiger partial charge on any atom is -0.478 e. The van der Waals surface area contributed by atoms with Crippen LogP contribution in [0.1, 0.15) is 38.3 Å². The van der Waals surface area contributed by atoms with E-state index in [1.807, 2.05) is 24.3 Å². The number of hydrogen-bond donors (Lipinski definition) is 2. The van der Waals surface area contributed by atoms with E-state index in [9.17, 15) is 9.90 Å². The summed E-state index contributed by atoms with van der Waals surface area (Å²) in [5.41, 5.74) is 6.88. The number of hydrogen-bond acceptors (Lipinski definition) is 4. The van der Waals surface area contributed by atoms with Crippen molar-refractivity contribution in [3.8, 4) is 0 Å². The van der Waals surface area contributed by atoms with Gasteiger partial charge < -0.3 is 15.7 Å². The molecule has 0 aliphatic carbocycles. The third-order valence-corrected chi connectivity index (χ3v) is 3.59. The summed E-state index contributed by atoms with van der Waals surface area (Å²) < 4.78 is 0. The number of rotatable bonds is 3. The molecule has 1 unspecified atom stereocenters. The van der Waals surface area contributed by atoms with Crippen LogP contribution in [-0.4, -0.2) is 28.9 Å². The zero-order valence-corrected chi connectivity index (χ0v) is 12.0. The highest BCUT2D eigenvalue weighted by molar-refractivity contribution is 6.04. The summed E-state index contributed by atoms with van der Waals surface area (Å²) in [6.07, 6.45) is 0.188. The smallest absolute Gasteiger partial charge is 0.352 e. The van der Waals surface area contributed by atoms with Gasteiger partial charge in [-0.2, -0.15) is 0 Å². The first-order chi connectivity index (χ1) is 9.28. The lowest BCUT2D eigenvalue weighted by Gasteiger charge is -2.19. The number of nitrogens with zero attached hydrogens (tertiary/aromatic N) is 1. The van der Waals surface area contributed by atoms with Crippen LogP contribution in [-0.2, 0) is 15.0 Å². The molecule has 0 aromatic heterocycles. The van der Waals surface area contributed by atoms with Gasteiger partial charge in [-0.25, -0.2) is 4.79 Å². The van der Waals surface area contributed by atoms with Gasteiger partial charge >= 0.3 is 5.97 Å². The maximum atomic E-state index is 11.2. The van der Waals surface area contributed by atoms with E-state index in [2.05, 4.69) is 25.9 Å². The number of nitrogens with two attached hydrogens (primary N) is 1. The summed E-state index contributed by atoms with van der Waals surface area (Å²) >= 11 is 0. The first-order valence-electron chi connectivity index (χ1n) is 6.58. The first-order valence-corrected chi connectivity index (χ1v) is 6.58. The van der Waals surface area contributed by atoms with Gasteiger partial charge in [-0.15, -0.1) is 0 Å². The summed E-state index contributed by atoms with van der Waals surface area (Å²) in [6, 6.07) is 7.94. The van der Waals surface area contributed by atoms with E-state index in [-0.39, 0.29) is 18.4 Å². The molecule has 2 rings (SSSR count). The molecule has 0 bridgehead atoms. The van der Waals surface area contributed by atoms with Crippen LogP contribution in [0.25, 0.3) is 0 Å². The maximum Gasteiger partial charge on any atom is 0.352 e. The maximum absolute atomic E-state index is 11.2. The molecule has 108 valence electrons. The molecular formula is C15H20N2O3. The summed E-state index contributed by atoms with van der Waals surface area (Å²) in [5.74, 6) is -1.08. The second-order valence-electron chi connectivity index (χ2n) is 6.14. The van der Waals surface area contributed by atoms with E-state index >= 15 is 0 Å². The van der Waals surface area contributed by atoms with Gasteiger partial charge in [0.15, 0.2) is 0 Å². The number of carboxylic acid groups (broad SMARTS) is 1. The fourth-order valence-corrected chi connectivity index (χ4v) is 2.11. The van der Waals surface area contributed by atoms with E-state index in [1.165, 1.54) is 5.56 Å². The molecule has 0 saturated heterocycles. The van der Waals surface area contributed by atoms with Gasteiger partial charge in [-0.1, -0.05) is 50.2 Å². The lowest BCUT2D eigenvalue weighted by atomic mass is 9.86. The SMILES string of the molecule is CC(C)(C)c1ccc(C2=NOC(CN)(C(=O)O)C2)cc1. The zero-order valence-electron chi connectivity index (χ0n) is 12.0. The van der Waals surface area contributed by atoms with Crippen molar-refractivity contribution in [1.82, 2.24) is 0 Å². The molecule has 0 saturated carbocycles. The zero-order chi connectivity index (χ0) is 15.0. The summed E-state index contributed by atoms with van der Waals surface area (Å²) in [7, 11) is 0. The van der Waals surface area contributed by atoms with Gasteiger partial charge in [-0.05, 0) is 16.5 Å². The molecule has 1 aromatic carbocycles. The highest BCUT2D eigenvalue weighted by Crippen LogP contribution is 2.28. The average molecular weight is 276 g/mol. The quantitative estimate of drug-likeness (QED) is 0.883. The Hall–Kier alpha value is -1.88. The first kappa shape index (κ1) is 14.5. The van der Waals surface area contributed by atoms with E-state index in [0.717, 1.165) is 5.56 Å². The van der Waals surface area contributed by atoms with Crippen LogP contribution in [0.4, 0.5) is 0 Å². The number of benzene rings is 1. The molecule has 5 heteroatoms. The topological polar surface area (TPSA) is 84.9 Å². The molecule has 3 N–H and O–H groups in total. The fourth-order valence-electron chi connectivity index (χ4n) is 2.11. The molecule has 0 fully saturated rings. The van der Waals surface area contributed by atoms with E-state index in [4.69, 9.17) is 10.6 Å². The van der Waals surface area contributed by atoms with Gasteiger partial charge in [0.2, 0.25) is 0 Å². The second-order valence-corrected chi connectivity index (χ2v) is 6.14. The van der Waals surface area contributed by atoms with E-state index in [0.29, 0.717) is 5.71 Å². The van der Waals surface area contributed by atoms with Crippen molar-refractivity contribution in [1.29, 1.82) is 0 Å². The van der Waals surface area contributed by atoms with Crippen LogP contribution >= 0.6 is 0 Å². The summed E-state index contributed by atoms with van der Waals surface area (Å²) in [4.78, 5) is 16.3. The summed E-state index contributed by atoms with van der Waals surface area (Å²) in [5, 5.41) is 13.1. The summed E-state index contributed by atoms with van der Waals surface area (Å²) in [6.45, 7) is 6.32. The van der Waals surface area contributed by atoms with Gasteiger partial charge in [-0.3, -0.25) is 0 Å². The Bertz CT molecular complexity index is 543. The van der Waals surface area contributed by atoms with Crippen LogP contribution in [0.3, 0.4) is 0 Å². The molecule has 0 spiro atoms. The minimum absolute atomic E-state index is 0.0780. The van der Waals surface area contributed by atoms with Crippen molar-refractivity contribution in [3.63, 3.8) is 0 Å². The highest BCUT2D eigenvalue weighted by atomic mass is 16.7. The minimum atomic E-state index is -1.42. The van der Waals surface area contributed by atoms with Crippen molar-refractivity contribution in [2.45, 2.75) is 38.2 Å². The predicted octanol–water partition coefficient (Wildman–Crippen LogP) is 1.89. The molecule has 0 amide bonds. The van der Waals surface area contributed by atoms with Crippen LogP contribution in [0.2, 0.25) is 0 Å². The molecule has 1 aliphatic rings. The number of carboxylic acids is 1. The number of carbonyl (C=O) groups is 1. The van der Waals surface area contributed by atoms with Crippen molar-refractivity contribution >= 4 is 11.7 Å². The number of oxime groups is 1. The standard InChI is InChI=1S/C15H20N2O3/c1-14(2,3)11-6-4-10(5-7-11)12-8-15(9-16,13(18)19)20-17-12/h4-7H,8-9,16H2,1-3H3,(H,18,19). The van der Waals surface area contributed by atoms with E-state index < -0.39 is 11.6 Å². The molecule has 1 atom stereocenters. The van der Waals surface area contributed by atoms with Crippen molar-refractivity contribution in [3.05, 3.63) is 35.4 Å². The Kier molecular flexibility index (Phi) is 3.56. The van der Waals surface area contributed by atoms with Crippen molar-refractivity contribution < 1.29 is 14.7 Å². The van der Waals surface area contributed by atoms with Crippen LogP contribution < -0.4 is 5.73 Å². The molecule has 1 aromatic rings. The lowest BCUT2D eigenvalue weighted by molar-refractivity contribution is -0.161. The van der Waals surface area contributed by atoms with Crippen molar-refractivity contribution in [2.24, 2.45) is 10.9 Å². The third-order valence-electron chi connectivity index (χ3n) is 3.59. The largest absolute Gasteiger partial charge is 0.478 e. The normalized spacial score (nSPS) is 22.3. The Morgan fingerprint density at radius 1 is 1.40 bits per heavy atom. The average Bonchev–Trinajstić information content (AvgIpc) is 2.83. The van der Waals surface area contributed by atoms with Crippen molar-refractivity contribution in [2.75, 3.05) is 6.54 Å². The van der Waals surface area contributed by atoms with Crippen LogP contribution in [0, 0.1) is 0 Å². The Morgan fingerprint density at radius 2 is 2.00 bits per heavy atom. The molecule has 5 nitrogen and oxygen atoms in total. The van der Waals surface area contributed by atoms with Gasteiger partial charge in [0.05, 0.1) is 5.71 Å². The lowest BCUT2D eigenvalue weighted by Crippen LogP contribution is -2.45. The highest BCUT2D eigenvalue weighted by Gasteiger charge is 2.46. The molecule has 20 heavy (non-hydrogen) atoms. The molecule has 0 radical (unpaired) electrons. The molecule has 1 aliphatic heterocycles. The third kappa shape index (κ3) is 2.54. The Labute approximate surface area is 118 Å². The predicted molar refractivity (Wildman–Crippen MR) is 76.8 cm³/mol. The van der Waals surface area contributed by atoms with Gasteiger partial charge in [0.1, 0.15) is 0 Å². The van der Waals surface area contributed by atoms with E-state index in [1.54, 1.807) is 0 Å². The van der Waals surface area contributed by atoms with Gasteiger partial charge in [0, 0.05) is 13.0 Å².